The van der Waals surface area contributed by atoms with Gasteiger partial charge in [-0.15, -0.1) is 0 Å². The zero-order chi connectivity index (χ0) is 21.5. The van der Waals surface area contributed by atoms with Gasteiger partial charge in [-0.25, -0.2) is 14.4 Å². The van der Waals surface area contributed by atoms with Crippen LogP contribution in [0.25, 0.3) is 0 Å². The van der Waals surface area contributed by atoms with Crippen molar-refractivity contribution in [3.63, 3.8) is 0 Å². The number of amides is 2. The van der Waals surface area contributed by atoms with E-state index in [4.69, 9.17) is 0 Å². The molecule has 2 unspecified atom stereocenters. The summed E-state index contributed by atoms with van der Waals surface area (Å²) in [6.07, 6.45) is -1.84. The van der Waals surface area contributed by atoms with E-state index in [1.54, 1.807) is 6.07 Å². The molecule has 1 aromatic heterocycles. The summed E-state index contributed by atoms with van der Waals surface area (Å²) >= 11 is 0. The Labute approximate surface area is 168 Å². The van der Waals surface area contributed by atoms with E-state index in [1.807, 2.05) is 0 Å². The van der Waals surface area contributed by atoms with Crippen LogP contribution in [0.5, 0.6) is 0 Å². The van der Waals surface area contributed by atoms with E-state index >= 15 is 0 Å². The van der Waals surface area contributed by atoms with Crippen molar-refractivity contribution in [1.82, 2.24) is 25.9 Å². The van der Waals surface area contributed by atoms with Gasteiger partial charge in [0.05, 0.1) is 23.6 Å². The molecule has 2 fully saturated rings. The number of hydrogen-bond donors (Lipinski definition) is 3. The van der Waals surface area contributed by atoms with Gasteiger partial charge in [0.2, 0.25) is 11.8 Å². The van der Waals surface area contributed by atoms with E-state index in [1.165, 1.54) is 12.4 Å². The van der Waals surface area contributed by atoms with Crippen LogP contribution in [-0.4, -0.2) is 27.8 Å². The number of rotatable bonds is 4. The normalized spacial score (nSPS) is 22.9. The first-order chi connectivity index (χ1) is 14.2. The Hall–Kier alpha value is -3.08. The second kappa shape index (κ2) is 7.31. The molecule has 2 heterocycles. The summed E-state index contributed by atoms with van der Waals surface area (Å²) in [5.41, 5.74) is -2.19. The third-order valence-electron chi connectivity index (χ3n) is 5.15. The Kier molecular flexibility index (Phi) is 4.92. The number of aromatic nitrogens is 2. The van der Waals surface area contributed by atoms with Crippen LogP contribution in [0.3, 0.4) is 0 Å². The first-order valence-electron chi connectivity index (χ1n) is 9.19. The zero-order valence-corrected chi connectivity index (χ0v) is 15.5. The van der Waals surface area contributed by atoms with Gasteiger partial charge in [-0.3, -0.25) is 14.9 Å². The SMILES string of the molecule is O=C1CC(C(=O)NC2(c3ccc(C(F)(F)F)cc3F)CC2)NC(c2ncccn2)N1. The molecule has 1 aromatic carbocycles. The topological polar surface area (TPSA) is 96.0 Å². The van der Waals surface area contributed by atoms with Crippen molar-refractivity contribution >= 4 is 11.8 Å². The minimum absolute atomic E-state index is 0.00736. The molecule has 4 rings (SSSR count). The Bertz CT molecular complexity index is 979. The Morgan fingerprint density at radius 1 is 1.20 bits per heavy atom. The van der Waals surface area contributed by atoms with Crippen LogP contribution in [0.15, 0.2) is 36.7 Å². The molecule has 0 radical (unpaired) electrons. The van der Waals surface area contributed by atoms with E-state index < -0.39 is 47.1 Å². The molecule has 158 valence electrons. The standard InChI is InChI=1S/C19H17F4N5O2/c20-12-8-10(19(21,22)23)2-3-11(12)18(4-5-18)28-17(30)13-9-14(29)27-16(26-13)15-24-6-1-7-25-15/h1-3,6-8,13,16,26H,4-5,9H2,(H,27,29)(H,28,30). The lowest BCUT2D eigenvalue weighted by Gasteiger charge is -2.31. The van der Waals surface area contributed by atoms with E-state index in [-0.39, 0.29) is 17.8 Å². The molecule has 2 amide bonds. The Balaban J connectivity index is 1.50. The Morgan fingerprint density at radius 2 is 1.90 bits per heavy atom. The zero-order valence-electron chi connectivity index (χ0n) is 15.5. The van der Waals surface area contributed by atoms with Crippen molar-refractivity contribution in [3.05, 3.63) is 59.4 Å². The summed E-state index contributed by atoms with van der Waals surface area (Å²) in [6.45, 7) is 0. The van der Waals surface area contributed by atoms with Gasteiger partial charge in [0.1, 0.15) is 12.0 Å². The average Bonchev–Trinajstić information content (AvgIpc) is 3.47. The molecule has 2 atom stereocenters. The lowest BCUT2D eigenvalue weighted by atomic mass is 10.0. The summed E-state index contributed by atoms with van der Waals surface area (Å²) in [5.74, 6) is -1.70. The molecule has 3 N–H and O–H groups in total. The van der Waals surface area contributed by atoms with Crippen LogP contribution < -0.4 is 16.0 Å². The van der Waals surface area contributed by atoms with Crippen molar-refractivity contribution in [2.24, 2.45) is 0 Å². The molecule has 0 bridgehead atoms. The number of nitrogens with one attached hydrogen (secondary N) is 3. The molecular formula is C19H17F4N5O2. The van der Waals surface area contributed by atoms with Gasteiger partial charge < -0.3 is 10.6 Å². The van der Waals surface area contributed by atoms with Crippen LogP contribution in [0.1, 0.15) is 42.4 Å². The molecule has 2 aromatic rings. The number of alkyl halides is 3. The maximum atomic E-state index is 14.4. The summed E-state index contributed by atoms with van der Waals surface area (Å²) in [7, 11) is 0. The average molecular weight is 423 g/mol. The lowest BCUT2D eigenvalue weighted by Crippen LogP contribution is -2.58. The summed E-state index contributed by atoms with van der Waals surface area (Å²) in [6, 6.07) is 2.94. The van der Waals surface area contributed by atoms with E-state index in [9.17, 15) is 27.2 Å². The van der Waals surface area contributed by atoms with Crippen LogP contribution >= 0.6 is 0 Å². The van der Waals surface area contributed by atoms with Crippen molar-refractivity contribution in [2.45, 2.75) is 43.2 Å². The van der Waals surface area contributed by atoms with Crippen LogP contribution in [0.2, 0.25) is 0 Å². The van der Waals surface area contributed by atoms with Gasteiger partial charge in [0.15, 0.2) is 5.82 Å². The maximum Gasteiger partial charge on any atom is 0.416 e. The molecule has 11 heteroatoms. The summed E-state index contributed by atoms with van der Waals surface area (Å²) < 4.78 is 52.8. The molecule has 1 saturated carbocycles. The van der Waals surface area contributed by atoms with Crippen LogP contribution in [-0.2, 0) is 21.3 Å². The van der Waals surface area contributed by atoms with Crippen molar-refractivity contribution in [2.75, 3.05) is 0 Å². The first-order valence-corrected chi connectivity index (χ1v) is 9.19. The lowest BCUT2D eigenvalue weighted by molar-refractivity contribution is -0.137. The van der Waals surface area contributed by atoms with Crippen molar-refractivity contribution in [3.8, 4) is 0 Å². The highest BCUT2D eigenvalue weighted by Gasteiger charge is 2.49. The van der Waals surface area contributed by atoms with Gasteiger partial charge in [0.25, 0.3) is 0 Å². The predicted molar refractivity (Wildman–Crippen MR) is 94.9 cm³/mol. The van der Waals surface area contributed by atoms with Gasteiger partial charge in [-0.2, -0.15) is 13.2 Å². The molecule has 1 saturated heterocycles. The molecule has 0 spiro atoms. The number of carbonyl (C=O) groups excluding carboxylic acids is 2. The minimum atomic E-state index is -4.66. The summed E-state index contributed by atoms with van der Waals surface area (Å²) in [4.78, 5) is 32.9. The quantitative estimate of drug-likeness (QED) is 0.653. The summed E-state index contributed by atoms with van der Waals surface area (Å²) in [5, 5.41) is 8.27. The fraction of sp³-hybridized carbons (Fsp3) is 0.368. The number of nitrogens with zero attached hydrogens (tertiary/aromatic N) is 2. The van der Waals surface area contributed by atoms with Crippen LogP contribution in [0, 0.1) is 5.82 Å². The van der Waals surface area contributed by atoms with Crippen molar-refractivity contribution in [1.29, 1.82) is 0 Å². The molecule has 2 aliphatic rings. The highest BCUT2D eigenvalue weighted by atomic mass is 19.4. The highest BCUT2D eigenvalue weighted by Crippen LogP contribution is 2.47. The van der Waals surface area contributed by atoms with E-state index in [2.05, 4.69) is 25.9 Å². The van der Waals surface area contributed by atoms with E-state index in [0.29, 0.717) is 18.9 Å². The van der Waals surface area contributed by atoms with Gasteiger partial charge in [0, 0.05) is 18.0 Å². The van der Waals surface area contributed by atoms with Gasteiger partial charge in [-0.05, 0) is 31.0 Å². The number of hydrogen-bond acceptors (Lipinski definition) is 5. The molecule has 7 nitrogen and oxygen atoms in total. The predicted octanol–water partition coefficient (Wildman–Crippen LogP) is 1.92. The number of benzene rings is 1. The highest BCUT2D eigenvalue weighted by molar-refractivity contribution is 5.90. The smallest absolute Gasteiger partial charge is 0.345 e. The Morgan fingerprint density at radius 3 is 2.50 bits per heavy atom. The van der Waals surface area contributed by atoms with Gasteiger partial charge in [-0.1, -0.05) is 6.07 Å². The molecule has 1 aliphatic heterocycles. The molecule has 30 heavy (non-hydrogen) atoms. The second-order valence-corrected chi connectivity index (χ2v) is 7.29. The molecule has 1 aliphatic carbocycles. The third kappa shape index (κ3) is 3.97. The monoisotopic (exact) mass is 423 g/mol. The van der Waals surface area contributed by atoms with Crippen molar-refractivity contribution < 1.29 is 27.2 Å². The number of halogens is 4. The van der Waals surface area contributed by atoms with E-state index in [0.717, 1.165) is 12.1 Å². The largest absolute Gasteiger partial charge is 0.416 e. The fourth-order valence-corrected chi connectivity index (χ4v) is 3.46. The first kappa shape index (κ1) is 20.2. The fourth-order valence-electron chi connectivity index (χ4n) is 3.46. The number of carbonyl (C=O) groups is 2. The second-order valence-electron chi connectivity index (χ2n) is 7.29. The van der Waals surface area contributed by atoms with Crippen LogP contribution in [0.4, 0.5) is 17.6 Å². The molecular weight excluding hydrogens is 406 g/mol. The van der Waals surface area contributed by atoms with Gasteiger partial charge >= 0.3 is 6.18 Å². The maximum absolute atomic E-state index is 14.4. The minimum Gasteiger partial charge on any atom is -0.345 e. The third-order valence-corrected chi connectivity index (χ3v) is 5.15.